The van der Waals surface area contributed by atoms with E-state index in [1.807, 2.05) is 0 Å². The summed E-state index contributed by atoms with van der Waals surface area (Å²) >= 11 is 0. The van der Waals surface area contributed by atoms with Gasteiger partial charge >= 0.3 is 0 Å². The van der Waals surface area contributed by atoms with E-state index in [1.165, 1.54) is 12.8 Å². The first-order chi connectivity index (χ1) is 15.2. The van der Waals surface area contributed by atoms with Gasteiger partial charge in [-0.15, -0.1) is 0 Å². The molecule has 7 rings (SSSR count). The van der Waals surface area contributed by atoms with E-state index < -0.39 is 5.79 Å². The van der Waals surface area contributed by atoms with Crippen LogP contribution in [0.4, 0.5) is 0 Å². The zero-order chi connectivity index (χ0) is 22.2. The lowest BCUT2D eigenvalue weighted by molar-refractivity contribution is -0.252. The van der Waals surface area contributed by atoms with Crippen molar-refractivity contribution < 1.29 is 23.8 Å². The molecule has 7 fully saturated rings. The maximum atomic E-state index is 13.4. The molecule has 0 aromatic rings. The van der Waals surface area contributed by atoms with Crippen molar-refractivity contribution in [2.24, 2.45) is 52.3 Å². The molecule has 0 aromatic heterocycles. The second-order valence-corrected chi connectivity index (χ2v) is 13.2. The van der Waals surface area contributed by atoms with Crippen molar-refractivity contribution in [3.63, 3.8) is 0 Å². The van der Waals surface area contributed by atoms with Gasteiger partial charge in [-0.3, -0.25) is 9.59 Å². The molecule has 0 N–H and O–H groups in total. The molecule has 0 bridgehead atoms. The van der Waals surface area contributed by atoms with Crippen LogP contribution in [0.3, 0.4) is 0 Å². The van der Waals surface area contributed by atoms with Crippen molar-refractivity contribution >= 4 is 11.6 Å². The van der Waals surface area contributed by atoms with Gasteiger partial charge in [0, 0.05) is 24.7 Å². The Morgan fingerprint density at radius 2 is 1.75 bits per heavy atom. The van der Waals surface area contributed by atoms with Crippen LogP contribution in [0, 0.1) is 52.3 Å². The quantitative estimate of drug-likeness (QED) is 0.527. The van der Waals surface area contributed by atoms with Crippen molar-refractivity contribution in [1.82, 2.24) is 0 Å². The van der Waals surface area contributed by atoms with Crippen molar-refractivity contribution in [2.75, 3.05) is 6.61 Å². The fourth-order valence-electron chi connectivity index (χ4n) is 10.3. The summed E-state index contributed by atoms with van der Waals surface area (Å²) < 4.78 is 18.7. The Bertz CT molecular complexity index is 885. The predicted molar refractivity (Wildman–Crippen MR) is 117 cm³/mol. The van der Waals surface area contributed by atoms with Crippen LogP contribution in [0.5, 0.6) is 0 Å². The first-order valence-electron chi connectivity index (χ1n) is 13.2. The van der Waals surface area contributed by atoms with E-state index in [4.69, 9.17) is 14.2 Å². The van der Waals surface area contributed by atoms with Gasteiger partial charge < -0.3 is 14.2 Å². The van der Waals surface area contributed by atoms with Gasteiger partial charge in [0.25, 0.3) is 0 Å². The Hall–Kier alpha value is -0.780. The number of epoxide rings is 1. The van der Waals surface area contributed by atoms with Crippen molar-refractivity contribution in [2.45, 2.75) is 96.7 Å². The van der Waals surface area contributed by atoms with Crippen LogP contribution in [0.2, 0.25) is 0 Å². The molecule has 3 aliphatic heterocycles. The van der Waals surface area contributed by atoms with Crippen LogP contribution in [-0.2, 0) is 23.8 Å². The predicted octanol–water partition coefficient (Wildman–Crippen LogP) is 4.17. The van der Waals surface area contributed by atoms with Gasteiger partial charge in [0.05, 0.1) is 24.9 Å². The molecule has 5 nitrogen and oxygen atoms in total. The number of ether oxygens (including phenoxy) is 3. The first-order valence-corrected chi connectivity index (χ1v) is 13.2. The van der Waals surface area contributed by atoms with Crippen molar-refractivity contribution in [3.8, 4) is 0 Å². The van der Waals surface area contributed by atoms with Crippen LogP contribution < -0.4 is 0 Å². The number of hydrogen-bond donors (Lipinski definition) is 0. The second-order valence-electron chi connectivity index (χ2n) is 13.2. The van der Waals surface area contributed by atoms with E-state index in [-0.39, 0.29) is 40.5 Å². The third kappa shape index (κ3) is 2.36. The standard InChI is InChI=1S/C27H38O5/c1-13-7-23(29)27(30-12-13)14(2)24-21(32-27)9-17-15-8-19(28)18-10-20-22(31-20)11-26(18,4)16(15)5-6-25(17,24)3/h13-18,20-22,24H,5-12H2,1-4H3/t13-,14-,15+,16-,17-,18+,20-,21-,22+,24-,25-,26+,27-/m0/s1. The molecular weight excluding hydrogens is 404 g/mol. The number of rotatable bonds is 0. The number of fused-ring (bicyclic) bond motifs is 8. The van der Waals surface area contributed by atoms with Gasteiger partial charge in [-0.2, -0.15) is 0 Å². The molecule has 176 valence electrons. The van der Waals surface area contributed by atoms with E-state index in [1.54, 1.807) is 0 Å². The normalized spacial score (nSPS) is 62.8. The summed E-state index contributed by atoms with van der Waals surface area (Å²) in [5, 5.41) is 0. The summed E-state index contributed by atoms with van der Waals surface area (Å²) in [7, 11) is 0. The molecule has 4 aliphatic carbocycles. The van der Waals surface area contributed by atoms with Gasteiger partial charge in [0.1, 0.15) is 5.78 Å². The maximum absolute atomic E-state index is 13.4. The third-order valence-corrected chi connectivity index (χ3v) is 11.8. The molecule has 0 radical (unpaired) electrons. The summed E-state index contributed by atoms with van der Waals surface area (Å²) in [4.78, 5) is 26.6. The first kappa shape index (κ1) is 20.6. The summed E-state index contributed by atoms with van der Waals surface area (Å²) in [5.74, 6) is 2.10. The smallest absolute Gasteiger partial charge is 0.232 e. The number of carbonyl (C=O) groups is 2. The molecule has 13 atom stereocenters. The lowest BCUT2D eigenvalue weighted by Crippen LogP contribution is -2.58. The Morgan fingerprint density at radius 1 is 0.938 bits per heavy atom. The highest BCUT2D eigenvalue weighted by Gasteiger charge is 2.72. The summed E-state index contributed by atoms with van der Waals surface area (Å²) in [5.41, 5.74) is 0.223. The number of carbonyl (C=O) groups excluding carboxylic acids is 2. The molecule has 0 amide bonds. The molecule has 0 unspecified atom stereocenters. The lowest BCUT2D eigenvalue weighted by Gasteiger charge is -2.59. The van der Waals surface area contributed by atoms with Crippen molar-refractivity contribution in [1.29, 1.82) is 0 Å². The molecule has 3 saturated heterocycles. The monoisotopic (exact) mass is 442 g/mol. The Morgan fingerprint density at radius 3 is 2.53 bits per heavy atom. The molecule has 3 heterocycles. The Labute approximate surface area is 191 Å². The van der Waals surface area contributed by atoms with Gasteiger partial charge in [-0.05, 0) is 72.5 Å². The summed E-state index contributed by atoms with van der Waals surface area (Å²) in [6.45, 7) is 9.75. The fourth-order valence-corrected chi connectivity index (χ4v) is 10.3. The minimum absolute atomic E-state index is 0.0805. The molecule has 0 aromatic carbocycles. The van der Waals surface area contributed by atoms with Crippen LogP contribution >= 0.6 is 0 Å². The van der Waals surface area contributed by atoms with Crippen LogP contribution in [0.25, 0.3) is 0 Å². The Balaban J connectivity index is 1.20. The molecular formula is C27H38O5. The van der Waals surface area contributed by atoms with Gasteiger partial charge in [-0.25, -0.2) is 0 Å². The van der Waals surface area contributed by atoms with Crippen LogP contribution in [-0.4, -0.2) is 42.3 Å². The minimum atomic E-state index is -1.02. The highest BCUT2D eigenvalue weighted by Crippen LogP contribution is 2.71. The summed E-state index contributed by atoms with van der Waals surface area (Å²) in [6.07, 6.45) is 7.54. The van der Waals surface area contributed by atoms with E-state index in [0.29, 0.717) is 54.7 Å². The van der Waals surface area contributed by atoms with E-state index in [2.05, 4.69) is 27.7 Å². The van der Waals surface area contributed by atoms with Crippen LogP contribution in [0.1, 0.15) is 72.6 Å². The number of ketones is 2. The number of Topliss-reactive ketones (excluding diaryl/α,β-unsaturated/α-hetero) is 2. The van der Waals surface area contributed by atoms with Crippen molar-refractivity contribution in [3.05, 3.63) is 0 Å². The van der Waals surface area contributed by atoms with Gasteiger partial charge in [0.15, 0.2) is 5.78 Å². The zero-order valence-corrected chi connectivity index (χ0v) is 20.0. The van der Waals surface area contributed by atoms with E-state index in [0.717, 1.165) is 25.7 Å². The summed E-state index contributed by atoms with van der Waals surface area (Å²) in [6, 6.07) is 0. The SMILES string of the molecule is C[C@@H]1CO[C@@]2(O[C@H]3C[C@H]4[C@@H]5CC(=O)[C@H]6C[C@@H]7O[C@@H]7C[C@]6(C)[C@H]5CC[C@]4(C)[C@H]3[C@@H]2C)C(=O)C1. The highest BCUT2D eigenvalue weighted by molar-refractivity contribution is 5.87. The number of hydrogen-bond acceptors (Lipinski definition) is 5. The molecule has 5 heteroatoms. The Kier molecular flexibility index (Phi) is 4.02. The van der Waals surface area contributed by atoms with Gasteiger partial charge in [-0.1, -0.05) is 27.7 Å². The van der Waals surface area contributed by atoms with E-state index in [9.17, 15) is 9.59 Å². The van der Waals surface area contributed by atoms with E-state index >= 15 is 0 Å². The average Bonchev–Trinajstić information content (AvgIpc) is 3.32. The molecule has 32 heavy (non-hydrogen) atoms. The fraction of sp³-hybridized carbons (Fsp3) is 0.926. The minimum Gasteiger partial charge on any atom is -0.370 e. The maximum Gasteiger partial charge on any atom is 0.232 e. The molecule has 1 spiro atoms. The third-order valence-electron chi connectivity index (χ3n) is 11.8. The zero-order valence-electron chi connectivity index (χ0n) is 20.0. The van der Waals surface area contributed by atoms with Gasteiger partial charge in [0.2, 0.25) is 5.79 Å². The topological polar surface area (TPSA) is 65.1 Å². The molecule has 4 saturated carbocycles. The molecule has 7 aliphatic rings. The average molecular weight is 443 g/mol. The lowest BCUT2D eigenvalue weighted by atomic mass is 9.44. The highest BCUT2D eigenvalue weighted by atomic mass is 16.7. The second kappa shape index (κ2) is 6.26. The van der Waals surface area contributed by atoms with Crippen LogP contribution in [0.15, 0.2) is 0 Å². The largest absolute Gasteiger partial charge is 0.370 e.